The molecule has 3 rings (SSSR count). The Kier molecular flexibility index (Phi) is 6.23. The van der Waals surface area contributed by atoms with E-state index < -0.39 is 11.9 Å². The molecule has 0 aliphatic carbocycles. The maximum Gasteiger partial charge on any atom is 0.326 e. The van der Waals surface area contributed by atoms with Gasteiger partial charge in [0.15, 0.2) is 4.80 Å². The Labute approximate surface area is 176 Å². The number of aryl methyl sites for hydroxylation is 2. The molecule has 0 saturated heterocycles. The van der Waals surface area contributed by atoms with Crippen LogP contribution in [-0.4, -0.2) is 23.1 Å². The number of carbonyl (C=O) groups is 2. The van der Waals surface area contributed by atoms with Crippen LogP contribution in [0.2, 0.25) is 10.0 Å². The van der Waals surface area contributed by atoms with Crippen molar-refractivity contribution in [2.24, 2.45) is 4.99 Å². The quantitative estimate of drug-likeness (QED) is 0.544. The zero-order valence-electron chi connectivity index (χ0n) is 15.6. The molecule has 1 heterocycles. The molecule has 0 saturated carbocycles. The zero-order valence-corrected chi connectivity index (χ0v) is 17.9. The topological polar surface area (TPSA) is 60.7 Å². The summed E-state index contributed by atoms with van der Waals surface area (Å²) in [6, 6.07) is 8.64. The lowest BCUT2D eigenvalue weighted by molar-refractivity contribution is -0.143. The van der Waals surface area contributed by atoms with Crippen molar-refractivity contribution in [1.29, 1.82) is 0 Å². The zero-order chi connectivity index (χ0) is 20.4. The normalized spacial score (nSPS) is 11.8. The third kappa shape index (κ3) is 4.29. The van der Waals surface area contributed by atoms with Gasteiger partial charge in [-0.2, -0.15) is 4.99 Å². The Bertz CT molecular complexity index is 1150. The first-order valence-electron chi connectivity index (χ1n) is 8.60. The molecular weight excluding hydrogens is 419 g/mol. The monoisotopic (exact) mass is 436 g/mol. The molecule has 0 bridgehead atoms. The summed E-state index contributed by atoms with van der Waals surface area (Å²) in [5.74, 6) is -0.916. The third-order valence-electron chi connectivity index (χ3n) is 4.25. The van der Waals surface area contributed by atoms with Crippen LogP contribution in [0.15, 0.2) is 35.3 Å². The number of hydrogen-bond donors (Lipinski definition) is 0. The van der Waals surface area contributed by atoms with Gasteiger partial charge in [0.05, 0.1) is 27.4 Å². The number of amides is 1. The smallest absolute Gasteiger partial charge is 0.326 e. The van der Waals surface area contributed by atoms with Crippen molar-refractivity contribution in [3.63, 3.8) is 0 Å². The van der Waals surface area contributed by atoms with Crippen LogP contribution in [-0.2, 0) is 16.1 Å². The van der Waals surface area contributed by atoms with Gasteiger partial charge >= 0.3 is 5.97 Å². The van der Waals surface area contributed by atoms with Gasteiger partial charge in [-0.05, 0) is 62.2 Å². The van der Waals surface area contributed by atoms with Crippen LogP contribution in [0, 0.1) is 13.8 Å². The molecule has 1 aromatic heterocycles. The molecule has 0 fully saturated rings. The van der Waals surface area contributed by atoms with Crippen LogP contribution in [0.5, 0.6) is 0 Å². The second kappa shape index (κ2) is 8.47. The van der Waals surface area contributed by atoms with Gasteiger partial charge in [-0.25, -0.2) is 0 Å². The van der Waals surface area contributed by atoms with E-state index in [9.17, 15) is 9.59 Å². The summed E-state index contributed by atoms with van der Waals surface area (Å²) in [4.78, 5) is 29.5. The fourth-order valence-electron chi connectivity index (χ4n) is 2.70. The van der Waals surface area contributed by atoms with E-state index >= 15 is 0 Å². The standard InChI is InChI=1S/C20H18Cl2N2O3S/c1-4-27-18(25)10-24-16-7-11(2)12(3)8-17(16)28-20(24)23-19(26)14-9-13(21)5-6-15(14)22/h5-9H,4,10H2,1-3H3. The number of carbonyl (C=O) groups excluding carboxylic acids is 2. The Hall–Kier alpha value is -2.15. The fraction of sp³-hybridized carbons (Fsp3) is 0.250. The molecule has 146 valence electrons. The minimum Gasteiger partial charge on any atom is -0.465 e. The van der Waals surface area contributed by atoms with E-state index in [0.29, 0.717) is 9.82 Å². The van der Waals surface area contributed by atoms with Crippen molar-refractivity contribution < 1.29 is 14.3 Å². The minimum absolute atomic E-state index is 0.0360. The van der Waals surface area contributed by atoms with Crippen LogP contribution >= 0.6 is 34.5 Å². The summed E-state index contributed by atoms with van der Waals surface area (Å²) in [6.45, 7) is 6.00. The second-order valence-corrected chi connectivity index (χ2v) is 8.07. The Morgan fingerprint density at radius 1 is 1.14 bits per heavy atom. The molecule has 0 atom stereocenters. The third-order valence-corrected chi connectivity index (χ3v) is 5.85. The number of rotatable bonds is 4. The highest BCUT2D eigenvalue weighted by Crippen LogP contribution is 2.24. The summed E-state index contributed by atoms with van der Waals surface area (Å²) in [7, 11) is 0. The molecule has 5 nitrogen and oxygen atoms in total. The summed E-state index contributed by atoms with van der Waals surface area (Å²) >= 11 is 13.4. The highest BCUT2D eigenvalue weighted by Gasteiger charge is 2.15. The summed E-state index contributed by atoms with van der Waals surface area (Å²) in [5, 5.41) is 0.660. The average molecular weight is 437 g/mol. The molecule has 0 unspecified atom stereocenters. The first-order valence-corrected chi connectivity index (χ1v) is 10.2. The molecule has 1 amide bonds. The lowest BCUT2D eigenvalue weighted by Gasteiger charge is -2.07. The number of nitrogens with zero attached hydrogens (tertiary/aromatic N) is 2. The SMILES string of the molecule is CCOC(=O)Cn1c(=NC(=O)c2cc(Cl)ccc2Cl)sc2cc(C)c(C)cc21. The van der Waals surface area contributed by atoms with E-state index in [1.165, 1.54) is 17.4 Å². The lowest BCUT2D eigenvalue weighted by atomic mass is 10.1. The van der Waals surface area contributed by atoms with Crippen molar-refractivity contribution in [1.82, 2.24) is 4.57 Å². The van der Waals surface area contributed by atoms with Crippen molar-refractivity contribution in [2.45, 2.75) is 27.3 Å². The average Bonchev–Trinajstić information content (AvgIpc) is 2.94. The van der Waals surface area contributed by atoms with Crippen molar-refractivity contribution in [3.05, 3.63) is 61.9 Å². The fourth-order valence-corrected chi connectivity index (χ4v) is 4.18. The molecular formula is C20H18Cl2N2O3S. The molecule has 2 aromatic carbocycles. The Morgan fingerprint density at radius 2 is 1.86 bits per heavy atom. The Morgan fingerprint density at radius 3 is 2.57 bits per heavy atom. The van der Waals surface area contributed by atoms with Crippen LogP contribution in [0.3, 0.4) is 0 Å². The van der Waals surface area contributed by atoms with E-state index in [1.807, 2.05) is 26.0 Å². The van der Waals surface area contributed by atoms with Crippen molar-refractivity contribution in [2.75, 3.05) is 6.61 Å². The summed E-state index contributed by atoms with van der Waals surface area (Å²) in [5.41, 5.74) is 3.23. The molecule has 0 N–H and O–H groups in total. The predicted molar refractivity (Wildman–Crippen MR) is 112 cm³/mol. The van der Waals surface area contributed by atoms with Gasteiger partial charge < -0.3 is 9.30 Å². The maximum atomic E-state index is 12.7. The minimum atomic E-state index is -0.523. The summed E-state index contributed by atoms with van der Waals surface area (Å²) in [6.07, 6.45) is 0. The van der Waals surface area contributed by atoms with E-state index in [1.54, 1.807) is 23.6 Å². The first kappa shape index (κ1) is 20.6. The van der Waals surface area contributed by atoms with Gasteiger partial charge in [0.2, 0.25) is 0 Å². The predicted octanol–water partition coefficient (Wildman–Crippen LogP) is 4.93. The molecule has 28 heavy (non-hydrogen) atoms. The van der Waals surface area contributed by atoms with Gasteiger partial charge in [-0.15, -0.1) is 0 Å². The van der Waals surface area contributed by atoms with Gasteiger partial charge in [0, 0.05) is 5.02 Å². The van der Waals surface area contributed by atoms with Crippen LogP contribution in [0.1, 0.15) is 28.4 Å². The second-order valence-electron chi connectivity index (χ2n) is 6.22. The van der Waals surface area contributed by atoms with Crippen LogP contribution in [0.25, 0.3) is 10.2 Å². The first-order chi connectivity index (χ1) is 13.3. The number of aromatic nitrogens is 1. The van der Waals surface area contributed by atoms with Gasteiger partial charge in [-0.1, -0.05) is 34.5 Å². The molecule has 8 heteroatoms. The Balaban J connectivity index is 2.18. The van der Waals surface area contributed by atoms with Gasteiger partial charge in [0.1, 0.15) is 6.54 Å². The van der Waals surface area contributed by atoms with Crippen molar-refractivity contribution >= 4 is 56.6 Å². The van der Waals surface area contributed by atoms with Crippen molar-refractivity contribution in [3.8, 4) is 0 Å². The number of ether oxygens (including phenoxy) is 1. The number of fused-ring (bicyclic) bond motifs is 1. The summed E-state index contributed by atoms with van der Waals surface area (Å²) < 4.78 is 7.70. The molecule has 0 aliphatic rings. The lowest BCUT2D eigenvalue weighted by Crippen LogP contribution is -2.23. The largest absolute Gasteiger partial charge is 0.465 e. The van der Waals surface area contributed by atoms with Crippen LogP contribution in [0.4, 0.5) is 0 Å². The molecule has 3 aromatic rings. The number of hydrogen-bond acceptors (Lipinski definition) is 4. The maximum absolute atomic E-state index is 12.7. The van der Waals surface area contributed by atoms with Crippen LogP contribution < -0.4 is 4.80 Å². The molecule has 0 aliphatic heterocycles. The van der Waals surface area contributed by atoms with E-state index in [2.05, 4.69) is 4.99 Å². The number of halogens is 2. The van der Waals surface area contributed by atoms with Gasteiger partial charge in [-0.3, -0.25) is 9.59 Å². The number of esters is 1. The van der Waals surface area contributed by atoms with Gasteiger partial charge in [0.25, 0.3) is 5.91 Å². The highest BCUT2D eigenvalue weighted by atomic mass is 35.5. The molecule has 0 spiro atoms. The number of benzene rings is 2. The number of thiazole rings is 1. The highest BCUT2D eigenvalue weighted by molar-refractivity contribution is 7.16. The van der Waals surface area contributed by atoms with E-state index in [4.69, 9.17) is 27.9 Å². The molecule has 0 radical (unpaired) electrons. The van der Waals surface area contributed by atoms with E-state index in [-0.39, 0.29) is 23.7 Å². The van der Waals surface area contributed by atoms with E-state index in [0.717, 1.165) is 21.3 Å².